The Kier molecular flexibility index (Phi) is 13.4. The molecule has 0 aliphatic rings. The van der Waals surface area contributed by atoms with Crippen LogP contribution >= 0.6 is 0 Å². The monoisotopic (exact) mass is 393 g/mol. The molecule has 1 heterocycles. The summed E-state index contributed by atoms with van der Waals surface area (Å²) in [7, 11) is 3.51. The zero-order valence-electron chi connectivity index (χ0n) is 19.1. The maximum Gasteiger partial charge on any atom is 0.253 e. The van der Waals surface area contributed by atoms with E-state index in [1.54, 1.807) is 37.6 Å². The summed E-state index contributed by atoms with van der Waals surface area (Å²) in [6.45, 7) is 12.0. The van der Waals surface area contributed by atoms with Crippen molar-refractivity contribution in [3.05, 3.63) is 83.8 Å². The van der Waals surface area contributed by atoms with E-state index in [1.165, 1.54) is 5.56 Å². The van der Waals surface area contributed by atoms with Gasteiger partial charge in [-0.15, -0.1) is 0 Å². The Morgan fingerprint density at radius 3 is 1.90 bits per heavy atom. The third-order valence-corrected chi connectivity index (χ3v) is 3.55. The molecule has 0 radical (unpaired) electrons. The number of carbonyl (C=O) groups excluding carboxylic acids is 1. The van der Waals surface area contributed by atoms with Crippen molar-refractivity contribution >= 4 is 5.91 Å². The van der Waals surface area contributed by atoms with E-state index in [0.717, 1.165) is 22.4 Å². The summed E-state index contributed by atoms with van der Waals surface area (Å²) in [5.41, 5.74) is 5.14. The van der Waals surface area contributed by atoms with E-state index in [-0.39, 0.29) is 5.91 Å². The Balaban J connectivity index is 0.000000463. The molecule has 0 N–H and O–H groups in total. The lowest BCUT2D eigenvalue weighted by atomic mass is 10.1. The highest BCUT2D eigenvalue weighted by molar-refractivity contribution is 5.93. The first-order chi connectivity index (χ1) is 14.0. The number of aromatic nitrogens is 2. The second-order valence-electron chi connectivity index (χ2n) is 6.03. The predicted molar refractivity (Wildman–Crippen MR) is 124 cm³/mol. The molecule has 0 aliphatic heterocycles. The molecule has 156 valence electrons. The molecule has 4 nitrogen and oxygen atoms in total. The molecular formula is C25H35N3O. The fraction of sp³-hybridized carbons (Fsp3) is 0.320. The minimum atomic E-state index is 0.0544. The molecule has 0 spiro atoms. The Labute approximate surface area is 176 Å². The van der Waals surface area contributed by atoms with Crippen LogP contribution in [0.2, 0.25) is 0 Å². The number of benzene rings is 2. The predicted octanol–water partition coefficient (Wildman–Crippen LogP) is 6.20. The summed E-state index contributed by atoms with van der Waals surface area (Å²) in [5.74, 6) is 0.0544. The molecule has 0 saturated carbocycles. The minimum absolute atomic E-state index is 0.0544. The number of hydrogen-bond acceptors (Lipinski definition) is 3. The largest absolute Gasteiger partial charge is 0.345 e. The van der Waals surface area contributed by atoms with Crippen LogP contribution in [0.1, 0.15) is 49.2 Å². The van der Waals surface area contributed by atoms with E-state index in [2.05, 4.69) is 29.0 Å². The molecule has 0 atom stereocenters. The molecule has 4 heteroatoms. The van der Waals surface area contributed by atoms with Crippen LogP contribution in [0.5, 0.6) is 0 Å². The molecule has 0 unspecified atom stereocenters. The average Bonchev–Trinajstić information content (AvgIpc) is 2.77. The van der Waals surface area contributed by atoms with Crippen LogP contribution < -0.4 is 0 Å². The van der Waals surface area contributed by atoms with Crippen LogP contribution in [0.15, 0.2) is 67.1 Å². The Morgan fingerprint density at radius 1 is 0.828 bits per heavy atom. The molecule has 0 saturated heterocycles. The summed E-state index contributed by atoms with van der Waals surface area (Å²) in [4.78, 5) is 21.3. The number of nitrogens with zero attached hydrogens (tertiary/aromatic N) is 3. The van der Waals surface area contributed by atoms with Crippen molar-refractivity contribution in [2.24, 2.45) is 0 Å². The lowest BCUT2D eigenvalue weighted by molar-refractivity contribution is 0.0827. The van der Waals surface area contributed by atoms with Crippen LogP contribution in [0, 0.1) is 13.8 Å². The minimum Gasteiger partial charge on any atom is -0.345 e. The van der Waals surface area contributed by atoms with Gasteiger partial charge in [0.1, 0.15) is 0 Å². The van der Waals surface area contributed by atoms with Gasteiger partial charge in [-0.3, -0.25) is 14.8 Å². The first kappa shape index (κ1) is 26.0. The first-order valence-corrected chi connectivity index (χ1v) is 10.1. The normalized spacial score (nSPS) is 8.83. The van der Waals surface area contributed by atoms with Gasteiger partial charge in [-0.2, -0.15) is 0 Å². The highest BCUT2D eigenvalue weighted by atomic mass is 16.2. The zero-order chi connectivity index (χ0) is 22.2. The van der Waals surface area contributed by atoms with E-state index in [0.29, 0.717) is 0 Å². The van der Waals surface area contributed by atoms with Crippen molar-refractivity contribution in [2.45, 2.75) is 41.5 Å². The van der Waals surface area contributed by atoms with Gasteiger partial charge in [0, 0.05) is 37.6 Å². The van der Waals surface area contributed by atoms with Crippen molar-refractivity contribution < 1.29 is 4.79 Å². The molecule has 1 aromatic heterocycles. The number of rotatable bonds is 2. The van der Waals surface area contributed by atoms with E-state index in [9.17, 15) is 4.79 Å². The number of amides is 1. The summed E-state index contributed by atoms with van der Waals surface area (Å²) >= 11 is 0. The SMILES string of the molecule is CC.CC.Cc1cccc(-c2cnccn2)c1.Cc1cccc(C(=O)N(C)C)c1. The van der Waals surface area contributed by atoms with Gasteiger partial charge in [-0.05, 0) is 32.0 Å². The van der Waals surface area contributed by atoms with Crippen molar-refractivity contribution in [3.8, 4) is 11.3 Å². The van der Waals surface area contributed by atoms with E-state index in [4.69, 9.17) is 0 Å². The van der Waals surface area contributed by atoms with Gasteiger partial charge < -0.3 is 4.90 Å². The zero-order valence-corrected chi connectivity index (χ0v) is 19.1. The van der Waals surface area contributed by atoms with Gasteiger partial charge in [0.25, 0.3) is 5.91 Å². The molecule has 3 aromatic rings. The van der Waals surface area contributed by atoms with Gasteiger partial charge in [-0.25, -0.2) is 0 Å². The summed E-state index contributed by atoms with van der Waals surface area (Å²) in [6.07, 6.45) is 5.16. The van der Waals surface area contributed by atoms with Crippen LogP contribution in [0.25, 0.3) is 11.3 Å². The van der Waals surface area contributed by atoms with Gasteiger partial charge in [-0.1, -0.05) is 69.2 Å². The third kappa shape index (κ3) is 9.65. The highest BCUT2D eigenvalue weighted by Crippen LogP contribution is 2.15. The molecule has 0 aliphatic carbocycles. The average molecular weight is 394 g/mol. The molecule has 0 fully saturated rings. The molecule has 1 amide bonds. The quantitative estimate of drug-likeness (QED) is 0.520. The van der Waals surface area contributed by atoms with Crippen LogP contribution in [0.4, 0.5) is 0 Å². The van der Waals surface area contributed by atoms with E-state index in [1.807, 2.05) is 71.0 Å². The number of carbonyl (C=O) groups is 1. The number of hydrogen-bond donors (Lipinski definition) is 0. The van der Waals surface area contributed by atoms with Crippen molar-refractivity contribution in [1.82, 2.24) is 14.9 Å². The second kappa shape index (κ2) is 15.0. The summed E-state index contributed by atoms with van der Waals surface area (Å²) in [6, 6.07) is 15.8. The van der Waals surface area contributed by atoms with Crippen LogP contribution in [0.3, 0.4) is 0 Å². The maximum absolute atomic E-state index is 11.4. The Bertz CT molecular complexity index is 830. The van der Waals surface area contributed by atoms with E-state index < -0.39 is 0 Å². The van der Waals surface area contributed by atoms with Crippen molar-refractivity contribution in [3.63, 3.8) is 0 Å². The van der Waals surface area contributed by atoms with Crippen molar-refractivity contribution in [1.29, 1.82) is 0 Å². The van der Waals surface area contributed by atoms with Crippen molar-refractivity contribution in [2.75, 3.05) is 14.1 Å². The fourth-order valence-corrected chi connectivity index (χ4v) is 2.29. The molecule has 2 aromatic carbocycles. The molecule has 0 bridgehead atoms. The van der Waals surface area contributed by atoms with Gasteiger partial charge in [0.15, 0.2) is 0 Å². The Morgan fingerprint density at radius 2 is 1.41 bits per heavy atom. The summed E-state index contributed by atoms with van der Waals surface area (Å²) < 4.78 is 0. The molecule has 29 heavy (non-hydrogen) atoms. The topological polar surface area (TPSA) is 46.1 Å². The highest BCUT2D eigenvalue weighted by Gasteiger charge is 2.06. The summed E-state index contributed by atoms with van der Waals surface area (Å²) in [5, 5.41) is 0. The smallest absolute Gasteiger partial charge is 0.253 e. The lowest BCUT2D eigenvalue weighted by Crippen LogP contribution is -2.21. The molecule has 3 rings (SSSR count). The number of aryl methyl sites for hydroxylation is 2. The van der Waals surface area contributed by atoms with E-state index >= 15 is 0 Å². The first-order valence-electron chi connectivity index (χ1n) is 10.1. The van der Waals surface area contributed by atoms with Gasteiger partial charge >= 0.3 is 0 Å². The lowest BCUT2D eigenvalue weighted by Gasteiger charge is -2.09. The van der Waals surface area contributed by atoms with Gasteiger partial charge in [0.2, 0.25) is 0 Å². The maximum atomic E-state index is 11.4. The molecular weight excluding hydrogens is 358 g/mol. The standard InChI is InChI=1S/C11H10N2.C10H13NO.2C2H6/c1-9-3-2-4-10(7-9)11-8-12-5-6-13-11;1-8-5-4-6-9(7-8)10(12)11(2)3;2*1-2/h2-8H,1H3;4-7H,1-3H3;2*1-2H3. The fourth-order valence-electron chi connectivity index (χ4n) is 2.29. The second-order valence-corrected chi connectivity index (χ2v) is 6.03. The van der Waals surface area contributed by atoms with Gasteiger partial charge in [0.05, 0.1) is 11.9 Å². The van der Waals surface area contributed by atoms with Crippen LogP contribution in [-0.2, 0) is 0 Å². The third-order valence-electron chi connectivity index (χ3n) is 3.55. The Hall–Kier alpha value is -3.01. The van der Waals surface area contributed by atoms with Crippen LogP contribution in [-0.4, -0.2) is 34.9 Å².